The molecule has 0 radical (unpaired) electrons. The average Bonchev–Trinajstić information content (AvgIpc) is 3.08. The van der Waals surface area contributed by atoms with Crippen molar-refractivity contribution in [2.45, 2.75) is 52.0 Å². The Morgan fingerprint density at radius 2 is 2.24 bits per heavy atom. The third kappa shape index (κ3) is 3.17. The normalized spacial score (nSPS) is 25.5. The number of amides is 1. The van der Waals surface area contributed by atoms with Crippen molar-refractivity contribution in [3.8, 4) is 0 Å². The summed E-state index contributed by atoms with van der Waals surface area (Å²) < 4.78 is 2.00. The minimum absolute atomic E-state index is 0.281. The molecule has 0 saturated carbocycles. The van der Waals surface area contributed by atoms with Crippen LogP contribution in [0.2, 0.25) is 0 Å². The molecule has 2 heterocycles. The maximum absolute atomic E-state index is 12.5. The lowest BCUT2D eigenvalue weighted by Crippen LogP contribution is -2.41. The van der Waals surface area contributed by atoms with E-state index in [1.165, 1.54) is 0 Å². The summed E-state index contributed by atoms with van der Waals surface area (Å²) in [6.45, 7) is 5.57. The first-order valence-electron chi connectivity index (χ1n) is 7.97. The Hall–Kier alpha value is -1.65. The van der Waals surface area contributed by atoms with E-state index >= 15 is 0 Å². The zero-order chi connectivity index (χ0) is 14.8. The predicted molar refractivity (Wildman–Crippen MR) is 80.8 cm³/mol. The van der Waals surface area contributed by atoms with Crippen molar-refractivity contribution >= 4 is 5.91 Å². The number of nitrogens with zero attached hydrogens (tertiary/aromatic N) is 4. The molecule has 21 heavy (non-hydrogen) atoms. The van der Waals surface area contributed by atoms with Crippen molar-refractivity contribution in [3.63, 3.8) is 0 Å². The smallest absolute Gasteiger partial charge is 0.223 e. The Bertz CT molecular complexity index is 548. The Labute approximate surface area is 126 Å². The number of likely N-dealkylation sites (tertiary alicyclic amines) is 1. The molecule has 1 fully saturated rings. The molecule has 114 valence electrons. The van der Waals surface area contributed by atoms with Gasteiger partial charge in [0.25, 0.3) is 0 Å². The fraction of sp³-hybridized carbons (Fsp3) is 0.688. The predicted octanol–water partition coefficient (Wildman–Crippen LogP) is 2.41. The number of piperidine rings is 1. The molecule has 5 heteroatoms. The van der Waals surface area contributed by atoms with Gasteiger partial charge in [-0.05, 0) is 45.4 Å². The standard InChI is InChI=1S/C16H24N4O/c1-12-17-13(2)20(18-12)15-8-5-9-19(11-15)16(21)10-14-6-3-4-7-14/h3,6,14-15H,4-5,7-11H2,1-2H3/t14-,15-/m0/s1. The van der Waals surface area contributed by atoms with Gasteiger partial charge in [-0.2, -0.15) is 5.10 Å². The number of aryl methyl sites for hydroxylation is 2. The van der Waals surface area contributed by atoms with Crippen LogP contribution in [0.3, 0.4) is 0 Å². The second-order valence-corrected chi connectivity index (χ2v) is 6.26. The zero-order valence-electron chi connectivity index (χ0n) is 13.0. The monoisotopic (exact) mass is 288 g/mol. The molecule has 0 unspecified atom stereocenters. The second kappa shape index (κ2) is 6.00. The van der Waals surface area contributed by atoms with Crippen LogP contribution >= 0.6 is 0 Å². The van der Waals surface area contributed by atoms with Gasteiger partial charge in [0.1, 0.15) is 11.6 Å². The summed E-state index contributed by atoms with van der Waals surface area (Å²) in [5, 5.41) is 4.49. The van der Waals surface area contributed by atoms with Gasteiger partial charge in [0, 0.05) is 19.5 Å². The maximum atomic E-state index is 12.5. The highest BCUT2D eigenvalue weighted by Crippen LogP contribution is 2.25. The summed E-state index contributed by atoms with van der Waals surface area (Å²) in [4.78, 5) is 18.9. The zero-order valence-corrected chi connectivity index (χ0v) is 13.0. The summed E-state index contributed by atoms with van der Waals surface area (Å²) >= 11 is 0. The fourth-order valence-electron chi connectivity index (χ4n) is 3.48. The fourth-order valence-corrected chi connectivity index (χ4v) is 3.48. The van der Waals surface area contributed by atoms with Gasteiger partial charge in [-0.25, -0.2) is 9.67 Å². The summed E-state index contributed by atoms with van der Waals surface area (Å²) in [6, 6.07) is 0.281. The van der Waals surface area contributed by atoms with Crippen LogP contribution in [-0.4, -0.2) is 38.7 Å². The van der Waals surface area contributed by atoms with Crippen LogP contribution in [0, 0.1) is 19.8 Å². The van der Waals surface area contributed by atoms with Crippen LogP contribution in [0.4, 0.5) is 0 Å². The van der Waals surface area contributed by atoms with Gasteiger partial charge >= 0.3 is 0 Å². The molecule has 1 saturated heterocycles. The van der Waals surface area contributed by atoms with Crippen LogP contribution in [0.15, 0.2) is 12.2 Å². The average molecular weight is 288 g/mol. The first-order valence-corrected chi connectivity index (χ1v) is 7.97. The van der Waals surface area contributed by atoms with E-state index in [2.05, 4.69) is 22.2 Å². The van der Waals surface area contributed by atoms with E-state index in [0.29, 0.717) is 18.2 Å². The van der Waals surface area contributed by atoms with Gasteiger partial charge in [-0.3, -0.25) is 4.79 Å². The number of rotatable bonds is 3. The summed E-state index contributed by atoms with van der Waals surface area (Å²) in [6.07, 6.45) is 9.44. The van der Waals surface area contributed by atoms with E-state index in [9.17, 15) is 4.79 Å². The van der Waals surface area contributed by atoms with Crippen LogP contribution in [0.1, 0.15) is 49.8 Å². The number of hydrogen-bond donors (Lipinski definition) is 0. The molecule has 2 aliphatic rings. The lowest BCUT2D eigenvalue weighted by atomic mass is 10.0. The quantitative estimate of drug-likeness (QED) is 0.803. The van der Waals surface area contributed by atoms with Crippen LogP contribution in [0.5, 0.6) is 0 Å². The lowest BCUT2D eigenvalue weighted by molar-refractivity contribution is -0.133. The Kier molecular flexibility index (Phi) is 4.08. The van der Waals surface area contributed by atoms with Crippen molar-refractivity contribution in [3.05, 3.63) is 23.8 Å². The number of aromatic nitrogens is 3. The molecule has 5 nitrogen and oxygen atoms in total. The van der Waals surface area contributed by atoms with E-state index in [1.54, 1.807) is 0 Å². The van der Waals surface area contributed by atoms with Gasteiger partial charge in [0.05, 0.1) is 6.04 Å². The van der Waals surface area contributed by atoms with E-state index in [1.807, 2.05) is 23.4 Å². The molecular weight excluding hydrogens is 264 g/mol. The SMILES string of the molecule is Cc1nc(C)n([C@H]2CCCN(C(=O)C[C@H]3C=CCC3)C2)n1. The number of carbonyl (C=O) groups excluding carboxylic acids is 1. The molecule has 1 amide bonds. The minimum atomic E-state index is 0.281. The molecule has 0 N–H and O–H groups in total. The summed E-state index contributed by atoms with van der Waals surface area (Å²) in [5.41, 5.74) is 0. The highest BCUT2D eigenvalue weighted by Gasteiger charge is 2.27. The van der Waals surface area contributed by atoms with Crippen LogP contribution in [-0.2, 0) is 4.79 Å². The second-order valence-electron chi connectivity index (χ2n) is 6.26. The van der Waals surface area contributed by atoms with Gasteiger partial charge in [0.15, 0.2) is 0 Å². The molecular formula is C16H24N4O. The molecule has 0 aromatic carbocycles. The maximum Gasteiger partial charge on any atom is 0.223 e. The Morgan fingerprint density at radius 3 is 2.90 bits per heavy atom. The highest BCUT2D eigenvalue weighted by molar-refractivity contribution is 5.76. The molecule has 3 rings (SSSR count). The van der Waals surface area contributed by atoms with Crippen LogP contribution in [0.25, 0.3) is 0 Å². The third-order valence-electron chi connectivity index (χ3n) is 4.55. The van der Waals surface area contributed by atoms with Crippen molar-refractivity contribution < 1.29 is 4.79 Å². The molecule has 1 aliphatic heterocycles. The lowest BCUT2D eigenvalue weighted by Gasteiger charge is -2.33. The number of allylic oxidation sites excluding steroid dienone is 2. The summed E-state index contributed by atoms with van der Waals surface area (Å²) in [7, 11) is 0. The minimum Gasteiger partial charge on any atom is -0.341 e. The van der Waals surface area contributed by atoms with Crippen molar-refractivity contribution in [2.75, 3.05) is 13.1 Å². The third-order valence-corrected chi connectivity index (χ3v) is 4.55. The Balaban J connectivity index is 1.63. The van der Waals surface area contributed by atoms with Gasteiger partial charge in [0.2, 0.25) is 5.91 Å². The van der Waals surface area contributed by atoms with Gasteiger partial charge in [-0.15, -0.1) is 0 Å². The van der Waals surface area contributed by atoms with Gasteiger partial charge in [-0.1, -0.05) is 12.2 Å². The highest BCUT2D eigenvalue weighted by atomic mass is 16.2. The number of carbonyl (C=O) groups is 1. The molecule has 1 aromatic heterocycles. The van der Waals surface area contributed by atoms with Crippen molar-refractivity contribution in [1.82, 2.24) is 19.7 Å². The summed E-state index contributed by atoms with van der Waals surface area (Å²) in [5.74, 6) is 2.51. The van der Waals surface area contributed by atoms with E-state index in [4.69, 9.17) is 0 Å². The van der Waals surface area contributed by atoms with E-state index < -0.39 is 0 Å². The first-order chi connectivity index (χ1) is 10.1. The van der Waals surface area contributed by atoms with E-state index in [0.717, 1.165) is 50.4 Å². The molecule has 1 aromatic rings. The topological polar surface area (TPSA) is 51.0 Å². The Morgan fingerprint density at radius 1 is 1.38 bits per heavy atom. The van der Waals surface area contributed by atoms with Crippen molar-refractivity contribution in [1.29, 1.82) is 0 Å². The number of hydrogen-bond acceptors (Lipinski definition) is 3. The molecule has 2 atom stereocenters. The first kappa shape index (κ1) is 14.3. The van der Waals surface area contributed by atoms with Crippen molar-refractivity contribution in [2.24, 2.45) is 5.92 Å². The van der Waals surface area contributed by atoms with Gasteiger partial charge < -0.3 is 4.90 Å². The molecule has 0 bridgehead atoms. The van der Waals surface area contributed by atoms with E-state index in [-0.39, 0.29) is 6.04 Å². The largest absolute Gasteiger partial charge is 0.341 e. The molecule has 0 spiro atoms. The van der Waals surface area contributed by atoms with Crippen LogP contribution < -0.4 is 0 Å². The molecule has 1 aliphatic carbocycles.